The van der Waals surface area contributed by atoms with Gasteiger partial charge in [0.25, 0.3) is 0 Å². The minimum absolute atomic E-state index is 0.0199. The molecule has 0 spiro atoms. The molecule has 1 N–H and O–H groups in total. The summed E-state index contributed by atoms with van der Waals surface area (Å²) >= 11 is 0. The highest BCUT2D eigenvalue weighted by atomic mass is 16.2. The fourth-order valence-electron chi connectivity index (χ4n) is 4.29. The Balaban J connectivity index is 1.35. The van der Waals surface area contributed by atoms with E-state index < -0.39 is 5.54 Å². The van der Waals surface area contributed by atoms with Gasteiger partial charge < -0.3 is 9.88 Å². The Hall–Kier alpha value is -1.87. The fourth-order valence-corrected chi connectivity index (χ4v) is 4.29. The van der Waals surface area contributed by atoms with Crippen LogP contribution in [0.5, 0.6) is 0 Å². The average molecular weight is 341 g/mol. The zero-order valence-electron chi connectivity index (χ0n) is 14.8. The standard InChI is InChI=1S/C19H27N5O/c20-13-19(8-3-1-2-4-9-19)22-18(25)12-23-10-7-17-16(11-23)21-14-24(17)15-5-6-15/h14-15H,1-12H2,(H,22,25). The second kappa shape index (κ2) is 6.80. The van der Waals surface area contributed by atoms with E-state index in [0.717, 1.165) is 63.7 Å². The highest BCUT2D eigenvalue weighted by molar-refractivity contribution is 5.79. The van der Waals surface area contributed by atoms with E-state index in [1.54, 1.807) is 0 Å². The van der Waals surface area contributed by atoms with E-state index >= 15 is 0 Å². The number of nitrogens with one attached hydrogen (secondary N) is 1. The Morgan fingerprint density at radius 2 is 2.08 bits per heavy atom. The zero-order chi connectivity index (χ0) is 17.3. The molecule has 2 heterocycles. The Morgan fingerprint density at radius 3 is 2.76 bits per heavy atom. The molecule has 6 nitrogen and oxygen atoms in total. The zero-order valence-corrected chi connectivity index (χ0v) is 14.8. The molecule has 1 aromatic rings. The number of amides is 1. The van der Waals surface area contributed by atoms with E-state index in [-0.39, 0.29) is 5.91 Å². The van der Waals surface area contributed by atoms with Gasteiger partial charge in [-0.2, -0.15) is 5.26 Å². The minimum Gasteiger partial charge on any atom is -0.337 e. The van der Waals surface area contributed by atoms with Gasteiger partial charge in [-0.3, -0.25) is 9.69 Å². The molecule has 0 unspecified atom stereocenters. The molecule has 1 aliphatic heterocycles. The number of nitriles is 1. The largest absolute Gasteiger partial charge is 0.337 e. The van der Waals surface area contributed by atoms with Crippen molar-refractivity contribution in [3.63, 3.8) is 0 Å². The number of imidazole rings is 1. The Morgan fingerprint density at radius 1 is 1.32 bits per heavy atom. The third-order valence-corrected chi connectivity index (χ3v) is 5.88. The molecule has 0 radical (unpaired) electrons. The number of hydrogen-bond donors (Lipinski definition) is 1. The van der Waals surface area contributed by atoms with E-state index in [2.05, 4.69) is 25.8 Å². The molecule has 1 amide bonds. The van der Waals surface area contributed by atoms with Gasteiger partial charge in [-0.15, -0.1) is 0 Å². The number of nitrogens with zero attached hydrogens (tertiary/aromatic N) is 4. The number of hydrogen-bond acceptors (Lipinski definition) is 4. The van der Waals surface area contributed by atoms with Crippen LogP contribution in [-0.2, 0) is 17.8 Å². The molecule has 0 saturated heterocycles. The van der Waals surface area contributed by atoms with Crippen LogP contribution in [0, 0.1) is 11.3 Å². The molecule has 134 valence electrons. The predicted molar refractivity (Wildman–Crippen MR) is 93.7 cm³/mol. The normalized spacial score (nSPS) is 23.3. The summed E-state index contributed by atoms with van der Waals surface area (Å²) in [6.07, 6.45) is 11.4. The van der Waals surface area contributed by atoms with Crippen LogP contribution in [0.3, 0.4) is 0 Å². The van der Waals surface area contributed by atoms with Gasteiger partial charge in [-0.25, -0.2) is 4.98 Å². The summed E-state index contributed by atoms with van der Waals surface area (Å²) < 4.78 is 2.34. The summed E-state index contributed by atoms with van der Waals surface area (Å²) in [7, 11) is 0. The monoisotopic (exact) mass is 341 g/mol. The quantitative estimate of drug-likeness (QED) is 0.853. The van der Waals surface area contributed by atoms with Gasteiger partial charge in [-0.1, -0.05) is 25.7 Å². The third kappa shape index (κ3) is 3.57. The van der Waals surface area contributed by atoms with E-state index in [1.165, 1.54) is 18.5 Å². The van der Waals surface area contributed by atoms with Crippen LogP contribution in [-0.4, -0.2) is 39.0 Å². The smallest absolute Gasteiger partial charge is 0.235 e. The van der Waals surface area contributed by atoms with Gasteiger partial charge in [0.2, 0.25) is 5.91 Å². The lowest BCUT2D eigenvalue weighted by molar-refractivity contribution is -0.124. The van der Waals surface area contributed by atoms with Crippen molar-refractivity contribution >= 4 is 5.91 Å². The Kier molecular flexibility index (Phi) is 4.51. The molecule has 2 saturated carbocycles. The molecule has 4 rings (SSSR count). The first-order valence-electron chi connectivity index (χ1n) is 9.68. The number of fused-ring (bicyclic) bond motifs is 1. The van der Waals surface area contributed by atoms with Crippen molar-refractivity contribution in [2.45, 2.75) is 75.9 Å². The molecule has 2 fully saturated rings. The van der Waals surface area contributed by atoms with Crippen molar-refractivity contribution in [1.29, 1.82) is 5.26 Å². The van der Waals surface area contributed by atoms with Gasteiger partial charge in [-0.05, 0) is 25.7 Å². The first-order valence-corrected chi connectivity index (χ1v) is 9.68. The first kappa shape index (κ1) is 16.6. The molecule has 0 aromatic carbocycles. The molecule has 6 heteroatoms. The maximum Gasteiger partial charge on any atom is 0.235 e. The van der Waals surface area contributed by atoms with Gasteiger partial charge in [0.1, 0.15) is 5.54 Å². The van der Waals surface area contributed by atoms with Crippen molar-refractivity contribution in [3.8, 4) is 6.07 Å². The number of rotatable bonds is 4. The van der Waals surface area contributed by atoms with E-state index in [9.17, 15) is 10.1 Å². The summed E-state index contributed by atoms with van der Waals surface area (Å²) in [5, 5.41) is 12.7. The van der Waals surface area contributed by atoms with Crippen LogP contribution in [0.15, 0.2) is 6.33 Å². The van der Waals surface area contributed by atoms with E-state index in [1.807, 2.05) is 6.33 Å². The van der Waals surface area contributed by atoms with Crippen LogP contribution in [0.2, 0.25) is 0 Å². The molecule has 0 atom stereocenters. The molecule has 0 bridgehead atoms. The van der Waals surface area contributed by atoms with Crippen molar-refractivity contribution in [1.82, 2.24) is 19.8 Å². The molecule has 1 aromatic heterocycles. The number of carbonyl (C=O) groups excluding carboxylic acids is 1. The summed E-state index contributed by atoms with van der Waals surface area (Å²) in [6, 6.07) is 3.06. The average Bonchev–Trinajstić information content (AvgIpc) is 3.40. The van der Waals surface area contributed by atoms with Crippen LogP contribution in [0.1, 0.15) is 68.8 Å². The molecular weight excluding hydrogens is 314 g/mol. The summed E-state index contributed by atoms with van der Waals surface area (Å²) in [4.78, 5) is 19.3. The van der Waals surface area contributed by atoms with Crippen molar-refractivity contribution < 1.29 is 4.79 Å². The minimum atomic E-state index is -0.651. The number of carbonyl (C=O) groups is 1. The lowest BCUT2D eigenvalue weighted by Crippen LogP contribution is -2.51. The fraction of sp³-hybridized carbons (Fsp3) is 0.737. The van der Waals surface area contributed by atoms with Crippen LogP contribution < -0.4 is 5.32 Å². The van der Waals surface area contributed by atoms with Crippen molar-refractivity contribution in [3.05, 3.63) is 17.7 Å². The molecular formula is C19H27N5O. The molecule has 3 aliphatic rings. The van der Waals surface area contributed by atoms with Crippen molar-refractivity contribution in [2.24, 2.45) is 0 Å². The maximum atomic E-state index is 12.6. The molecule has 2 aliphatic carbocycles. The van der Waals surface area contributed by atoms with Gasteiger partial charge in [0.15, 0.2) is 0 Å². The van der Waals surface area contributed by atoms with E-state index in [0.29, 0.717) is 12.6 Å². The molecule has 25 heavy (non-hydrogen) atoms. The summed E-state index contributed by atoms with van der Waals surface area (Å²) in [5.41, 5.74) is 1.83. The van der Waals surface area contributed by atoms with Crippen LogP contribution in [0.25, 0.3) is 0 Å². The van der Waals surface area contributed by atoms with Gasteiger partial charge in [0.05, 0.1) is 24.6 Å². The highest BCUT2D eigenvalue weighted by Gasteiger charge is 2.34. The predicted octanol–water partition coefficient (Wildman–Crippen LogP) is 2.31. The Labute approximate surface area is 149 Å². The Bertz CT molecular complexity index is 676. The van der Waals surface area contributed by atoms with Crippen LogP contribution in [0.4, 0.5) is 0 Å². The lowest BCUT2D eigenvalue weighted by Gasteiger charge is -2.30. The third-order valence-electron chi connectivity index (χ3n) is 5.88. The van der Waals surface area contributed by atoms with Crippen LogP contribution >= 0.6 is 0 Å². The SMILES string of the molecule is N#CC1(NC(=O)CN2CCc3c(ncn3C3CC3)C2)CCCCCC1. The highest BCUT2D eigenvalue weighted by Crippen LogP contribution is 2.37. The van der Waals surface area contributed by atoms with Gasteiger partial charge in [0, 0.05) is 31.2 Å². The number of aromatic nitrogens is 2. The van der Waals surface area contributed by atoms with Gasteiger partial charge >= 0.3 is 0 Å². The van der Waals surface area contributed by atoms with E-state index in [4.69, 9.17) is 0 Å². The topological polar surface area (TPSA) is 74.0 Å². The second-order valence-corrected chi connectivity index (χ2v) is 7.89. The first-order chi connectivity index (χ1) is 12.2. The lowest BCUT2D eigenvalue weighted by atomic mass is 9.92. The maximum absolute atomic E-state index is 12.6. The second-order valence-electron chi connectivity index (χ2n) is 7.89. The summed E-state index contributed by atoms with van der Waals surface area (Å²) in [6.45, 7) is 1.99. The van der Waals surface area contributed by atoms with Crippen molar-refractivity contribution in [2.75, 3.05) is 13.1 Å². The summed E-state index contributed by atoms with van der Waals surface area (Å²) in [5.74, 6) is -0.0199.